The Morgan fingerprint density at radius 2 is 2.00 bits per heavy atom. The number of aryl methyl sites for hydroxylation is 1. The van der Waals surface area contributed by atoms with Gasteiger partial charge in [-0.3, -0.25) is 4.79 Å². The molecule has 2 aromatic rings. The molecule has 1 saturated heterocycles. The number of nitrogens with zero attached hydrogens (tertiary/aromatic N) is 2. The van der Waals surface area contributed by atoms with Crippen LogP contribution in [-0.4, -0.2) is 24.0 Å². The summed E-state index contributed by atoms with van der Waals surface area (Å²) in [4.78, 5) is 19.1. The quantitative estimate of drug-likeness (QED) is 0.833. The molecule has 4 nitrogen and oxygen atoms in total. The van der Waals surface area contributed by atoms with E-state index in [9.17, 15) is 4.79 Å². The van der Waals surface area contributed by atoms with Gasteiger partial charge in [-0.15, -0.1) is 0 Å². The van der Waals surface area contributed by atoms with Crippen molar-refractivity contribution in [2.24, 2.45) is 5.92 Å². The number of hydrogen-bond donors (Lipinski definition) is 1. The van der Waals surface area contributed by atoms with E-state index in [-0.39, 0.29) is 5.91 Å². The molecule has 1 aliphatic heterocycles. The van der Waals surface area contributed by atoms with Gasteiger partial charge >= 0.3 is 0 Å². The average molecular weight is 388 g/mol. The lowest BCUT2D eigenvalue weighted by molar-refractivity contribution is 0.102. The van der Waals surface area contributed by atoms with Gasteiger partial charge in [0.15, 0.2) is 0 Å². The first-order valence-electron chi connectivity index (χ1n) is 8.31. The van der Waals surface area contributed by atoms with Crippen molar-refractivity contribution in [2.75, 3.05) is 23.3 Å². The number of nitrogens with one attached hydrogen (secondary N) is 1. The van der Waals surface area contributed by atoms with Gasteiger partial charge in [-0.2, -0.15) is 0 Å². The highest BCUT2D eigenvalue weighted by atomic mass is 79.9. The topological polar surface area (TPSA) is 45.2 Å². The fourth-order valence-corrected chi connectivity index (χ4v) is 3.20. The van der Waals surface area contributed by atoms with Crippen LogP contribution in [-0.2, 0) is 0 Å². The largest absolute Gasteiger partial charge is 0.357 e. The number of halogens is 1. The van der Waals surface area contributed by atoms with E-state index in [1.807, 2.05) is 37.3 Å². The fourth-order valence-electron chi connectivity index (χ4n) is 2.82. The van der Waals surface area contributed by atoms with Gasteiger partial charge in [0.05, 0.1) is 5.56 Å². The predicted octanol–water partition coefficient (Wildman–Crippen LogP) is 4.64. The van der Waals surface area contributed by atoms with E-state index in [0.717, 1.165) is 40.5 Å². The van der Waals surface area contributed by atoms with E-state index in [0.29, 0.717) is 5.56 Å². The summed E-state index contributed by atoms with van der Waals surface area (Å²) in [7, 11) is 0. The number of rotatable bonds is 3. The molecule has 0 aliphatic carbocycles. The molecule has 0 spiro atoms. The molecule has 0 bridgehead atoms. The Bertz CT molecular complexity index is 722. The fraction of sp³-hybridized carbons (Fsp3) is 0.368. The van der Waals surface area contributed by atoms with E-state index in [4.69, 9.17) is 0 Å². The molecule has 0 saturated carbocycles. The molecule has 5 heteroatoms. The third-order valence-corrected chi connectivity index (χ3v) is 5.40. The monoisotopic (exact) mass is 387 g/mol. The summed E-state index contributed by atoms with van der Waals surface area (Å²) in [6.45, 7) is 6.38. The molecule has 1 N–H and O–H groups in total. The molecule has 0 unspecified atom stereocenters. The van der Waals surface area contributed by atoms with Gasteiger partial charge < -0.3 is 10.2 Å². The van der Waals surface area contributed by atoms with E-state index in [2.05, 4.69) is 38.1 Å². The average Bonchev–Trinajstić information content (AvgIpc) is 2.59. The predicted molar refractivity (Wildman–Crippen MR) is 102 cm³/mol. The lowest BCUT2D eigenvalue weighted by Crippen LogP contribution is -2.33. The number of hydrogen-bond acceptors (Lipinski definition) is 3. The maximum absolute atomic E-state index is 12.4. The lowest BCUT2D eigenvalue weighted by atomic mass is 9.99. The summed E-state index contributed by atoms with van der Waals surface area (Å²) in [6.07, 6.45) is 4.06. The highest BCUT2D eigenvalue weighted by Crippen LogP contribution is 2.23. The summed E-state index contributed by atoms with van der Waals surface area (Å²) in [5.41, 5.74) is 2.47. The van der Waals surface area contributed by atoms with Crippen LogP contribution in [0.4, 0.5) is 11.5 Å². The van der Waals surface area contributed by atoms with E-state index in [1.165, 1.54) is 12.8 Å². The van der Waals surface area contributed by atoms with E-state index < -0.39 is 0 Å². The van der Waals surface area contributed by atoms with Crippen LogP contribution in [0.5, 0.6) is 0 Å². The molecule has 0 atom stereocenters. The lowest BCUT2D eigenvalue weighted by Gasteiger charge is -2.31. The van der Waals surface area contributed by atoms with Gasteiger partial charge in [0.2, 0.25) is 0 Å². The van der Waals surface area contributed by atoms with Crippen LogP contribution >= 0.6 is 15.9 Å². The van der Waals surface area contributed by atoms with Crippen LogP contribution in [0.1, 0.15) is 35.7 Å². The van der Waals surface area contributed by atoms with Crippen LogP contribution in [0, 0.1) is 12.8 Å². The Hall–Kier alpha value is -1.88. The molecule has 24 heavy (non-hydrogen) atoms. The molecule has 1 amide bonds. The highest BCUT2D eigenvalue weighted by Gasteiger charge is 2.17. The summed E-state index contributed by atoms with van der Waals surface area (Å²) >= 11 is 3.48. The summed E-state index contributed by atoms with van der Waals surface area (Å²) < 4.78 is 0.980. The molecule has 1 aromatic carbocycles. The second-order valence-electron chi connectivity index (χ2n) is 6.49. The standard InChI is InChI=1S/C19H22BrN3O/c1-13-7-9-23(10-8-13)18-6-4-15(12-21-18)19(24)22-16-5-3-14(2)17(20)11-16/h3-6,11-13H,7-10H2,1-2H3,(H,22,24). The zero-order valence-corrected chi connectivity index (χ0v) is 15.6. The third-order valence-electron chi connectivity index (χ3n) is 4.55. The first kappa shape index (κ1) is 17.0. The Balaban J connectivity index is 1.66. The van der Waals surface area contributed by atoms with E-state index >= 15 is 0 Å². The SMILES string of the molecule is Cc1ccc(NC(=O)c2ccc(N3CCC(C)CC3)nc2)cc1Br. The van der Waals surface area contributed by atoms with Crippen molar-refractivity contribution in [3.63, 3.8) is 0 Å². The summed E-state index contributed by atoms with van der Waals surface area (Å²) in [5, 5.41) is 2.91. The van der Waals surface area contributed by atoms with Crippen molar-refractivity contribution >= 4 is 33.3 Å². The molecule has 1 aromatic heterocycles. The zero-order chi connectivity index (χ0) is 17.1. The maximum atomic E-state index is 12.4. The normalized spacial score (nSPS) is 15.4. The Labute approximate surface area is 151 Å². The second kappa shape index (κ2) is 7.34. The van der Waals surface area contributed by atoms with Crippen LogP contribution in [0.2, 0.25) is 0 Å². The van der Waals surface area contributed by atoms with Crippen molar-refractivity contribution in [1.82, 2.24) is 4.98 Å². The molecule has 3 rings (SSSR count). The van der Waals surface area contributed by atoms with Crippen LogP contribution in [0.3, 0.4) is 0 Å². The minimum atomic E-state index is -0.142. The second-order valence-corrected chi connectivity index (χ2v) is 7.35. The van der Waals surface area contributed by atoms with Crippen molar-refractivity contribution in [2.45, 2.75) is 26.7 Å². The van der Waals surface area contributed by atoms with Gasteiger partial charge in [0.25, 0.3) is 5.91 Å². The van der Waals surface area contributed by atoms with Crippen LogP contribution in [0.15, 0.2) is 41.0 Å². The van der Waals surface area contributed by atoms with Gasteiger partial charge in [0.1, 0.15) is 5.82 Å². The van der Waals surface area contributed by atoms with Crippen molar-refractivity contribution in [3.8, 4) is 0 Å². The number of carbonyl (C=O) groups excluding carboxylic acids is 1. The number of piperidine rings is 1. The van der Waals surface area contributed by atoms with Crippen molar-refractivity contribution < 1.29 is 4.79 Å². The van der Waals surface area contributed by atoms with E-state index in [1.54, 1.807) is 6.20 Å². The summed E-state index contributed by atoms with van der Waals surface area (Å²) in [6, 6.07) is 9.56. The minimum absolute atomic E-state index is 0.142. The first-order valence-corrected chi connectivity index (χ1v) is 9.11. The van der Waals surface area contributed by atoms with Gasteiger partial charge in [-0.1, -0.05) is 28.9 Å². The maximum Gasteiger partial charge on any atom is 0.257 e. The Morgan fingerprint density at radius 1 is 1.25 bits per heavy atom. The number of pyridine rings is 1. The van der Waals surface area contributed by atoms with Crippen LogP contribution in [0.25, 0.3) is 0 Å². The van der Waals surface area contributed by atoms with Crippen molar-refractivity contribution in [1.29, 1.82) is 0 Å². The molecular weight excluding hydrogens is 366 g/mol. The molecule has 1 aliphatic rings. The first-order chi connectivity index (χ1) is 11.5. The zero-order valence-electron chi connectivity index (χ0n) is 14.1. The summed E-state index contributed by atoms with van der Waals surface area (Å²) in [5.74, 6) is 1.61. The number of carbonyl (C=O) groups is 1. The number of amides is 1. The minimum Gasteiger partial charge on any atom is -0.357 e. The molecule has 0 radical (unpaired) electrons. The number of aromatic nitrogens is 1. The number of anilines is 2. The third kappa shape index (κ3) is 3.96. The Kier molecular flexibility index (Phi) is 5.19. The van der Waals surface area contributed by atoms with Gasteiger partial charge in [-0.25, -0.2) is 4.98 Å². The smallest absolute Gasteiger partial charge is 0.257 e. The molecule has 126 valence electrons. The number of benzene rings is 1. The van der Waals surface area contributed by atoms with Crippen molar-refractivity contribution in [3.05, 3.63) is 52.1 Å². The molecule has 2 heterocycles. The van der Waals surface area contributed by atoms with Crippen LogP contribution < -0.4 is 10.2 Å². The van der Waals surface area contributed by atoms with Gasteiger partial charge in [0, 0.05) is 29.4 Å². The molecule has 1 fully saturated rings. The molecular formula is C19H22BrN3O. The Morgan fingerprint density at radius 3 is 2.62 bits per heavy atom. The highest BCUT2D eigenvalue weighted by molar-refractivity contribution is 9.10. The van der Waals surface area contributed by atoms with Gasteiger partial charge in [-0.05, 0) is 55.5 Å².